The summed E-state index contributed by atoms with van der Waals surface area (Å²) in [5.74, 6) is 1.64. The summed E-state index contributed by atoms with van der Waals surface area (Å²) in [6, 6.07) is 6.19. The standard InChI is InChI=1S/C18H25ClN2O/c1-3-14-8-11-21-18-16(14)12-15(22-2)13-17(18)20-10-7-5-4-6-9-19/h8,11-13,20H,3-7,9-10H2,1-2H3. The van der Waals surface area contributed by atoms with Gasteiger partial charge in [0.1, 0.15) is 5.75 Å². The largest absolute Gasteiger partial charge is 0.497 e. The summed E-state index contributed by atoms with van der Waals surface area (Å²) in [6.45, 7) is 3.11. The van der Waals surface area contributed by atoms with Crippen LogP contribution >= 0.6 is 11.6 Å². The average molecular weight is 321 g/mol. The van der Waals surface area contributed by atoms with Crippen LogP contribution in [0.2, 0.25) is 0 Å². The fourth-order valence-corrected chi connectivity index (χ4v) is 2.83. The van der Waals surface area contributed by atoms with E-state index in [-0.39, 0.29) is 0 Å². The highest BCUT2D eigenvalue weighted by molar-refractivity contribution is 6.17. The van der Waals surface area contributed by atoms with Crippen LogP contribution in [0.1, 0.15) is 38.2 Å². The number of alkyl halides is 1. The van der Waals surface area contributed by atoms with E-state index < -0.39 is 0 Å². The van der Waals surface area contributed by atoms with Gasteiger partial charge in [0.15, 0.2) is 0 Å². The van der Waals surface area contributed by atoms with Gasteiger partial charge in [-0.15, -0.1) is 11.6 Å². The fourth-order valence-electron chi connectivity index (χ4n) is 2.64. The van der Waals surface area contributed by atoms with Crippen LogP contribution in [0, 0.1) is 0 Å². The van der Waals surface area contributed by atoms with Crippen LogP contribution in [0.5, 0.6) is 5.75 Å². The van der Waals surface area contributed by atoms with E-state index in [1.807, 2.05) is 12.3 Å². The van der Waals surface area contributed by atoms with E-state index in [9.17, 15) is 0 Å². The highest BCUT2D eigenvalue weighted by Gasteiger charge is 2.08. The minimum absolute atomic E-state index is 0.762. The van der Waals surface area contributed by atoms with Crippen molar-refractivity contribution in [3.05, 3.63) is 30.0 Å². The van der Waals surface area contributed by atoms with E-state index in [1.54, 1.807) is 7.11 Å². The number of anilines is 1. The molecule has 4 heteroatoms. The van der Waals surface area contributed by atoms with Gasteiger partial charge in [0.05, 0.1) is 18.3 Å². The maximum Gasteiger partial charge on any atom is 0.121 e. The lowest BCUT2D eigenvalue weighted by Gasteiger charge is -2.13. The molecule has 1 aromatic carbocycles. The molecule has 0 saturated heterocycles. The Balaban J connectivity index is 2.14. The monoisotopic (exact) mass is 320 g/mol. The molecule has 1 aromatic heterocycles. The van der Waals surface area contributed by atoms with Crippen LogP contribution in [0.15, 0.2) is 24.4 Å². The Kier molecular flexibility index (Phi) is 6.78. The first kappa shape index (κ1) is 16.9. The zero-order valence-corrected chi connectivity index (χ0v) is 14.2. The summed E-state index contributed by atoms with van der Waals surface area (Å²) in [6.07, 6.45) is 7.52. The summed E-state index contributed by atoms with van der Waals surface area (Å²) in [5.41, 5.74) is 3.39. The van der Waals surface area contributed by atoms with E-state index in [0.29, 0.717) is 0 Å². The van der Waals surface area contributed by atoms with Crippen molar-refractivity contribution in [1.29, 1.82) is 0 Å². The molecule has 1 heterocycles. The molecule has 0 radical (unpaired) electrons. The molecule has 0 fully saturated rings. The van der Waals surface area contributed by atoms with Crippen LogP contribution in [0.3, 0.4) is 0 Å². The van der Waals surface area contributed by atoms with E-state index in [4.69, 9.17) is 16.3 Å². The van der Waals surface area contributed by atoms with Gasteiger partial charge in [0.25, 0.3) is 0 Å². The van der Waals surface area contributed by atoms with Crippen LogP contribution in [-0.4, -0.2) is 24.5 Å². The number of hydrogen-bond donors (Lipinski definition) is 1. The molecule has 0 amide bonds. The van der Waals surface area contributed by atoms with Gasteiger partial charge in [-0.05, 0) is 37.0 Å². The molecule has 3 nitrogen and oxygen atoms in total. The normalized spacial score (nSPS) is 10.9. The molecule has 0 atom stereocenters. The first-order chi connectivity index (χ1) is 10.8. The third-order valence-electron chi connectivity index (χ3n) is 3.90. The SMILES string of the molecule is CCc1ccnc2c(NCCCCCCCl)cc(OC)cc12. The maximum atomic E-state index is 5.70. The number of benzene rings is 1. The number of methoxy groups -OCH3 is 1. The number of ether oxygens (including phenoxy) is 1. The predicted octanol–water partition coefficient (Wildman–Crippen LogP) is 5.02. The highest BCUT2D eigenvalue weighted by Crippen LogP contribution is 2.30. The van der Waals surface area contributed by atoms with Gasteiger partial charge >= 0.3 is 0 Å². The number of fused-ring (bicyclic) bond motifs is 1. The summed E-state index contributed by atoms with van der Waals surface area (Å²) in [7, 11) is 1.71. The highest BCUT2D eigenvalue weighted by atomic mass is 35.5. The molecule has 22 heavy (non-hydrogen) atoms. The topological polar surface area (TPSA) is 34.2 Å². The zero-order chi connectivity index (χ0) is 15.8. The van der Waals surface area contributed by atoms with Crippen molar-refractivity contribution < 1.29 is 4.74 Å². The third-order valence-corrected chi connectivity index (χ3v) is 4.17. The van der Waals surface area contributed by atoms with Gasteiger partial charge in [-0.3, -0.25) is 4.98 Å². The molecule has 0 spiro atoms. The molecule has 0 bridgehead atoms. The van der Waals surface area contributed by atoms with Crippen LogP contribution < -0.4 is 10.1 Å². The molecule has 0 unspecified atom stereocenters. The Morgan fingerprint density at radius 3 is 2.73 bits per heavy atom. The minimum atomic E-state index is 0.762. The van der Waals surface area contributed by atoms with Crippen LogP contribution in [0.25, 0.3) is 10.9 Å². The second kappa shape index (κ2) is 8.84. The molecule has 0 saturated carbocycles. The van der Waals surface area contributed by atoms with E-state index in [0.717, 1.165) is 48.6 Å². The molecule has 0 aliphatic carbocycles. The predicted molar refractivity (Wildman–Crippen MR) is 95.4 cm³/mol. The lowest BCUT2D eigenvalue weighted by Crippen LogP contribution is -2.03. The molecule has 120 valence electrons. The first-order valence-electron chi connectivity index (χ1n) is 8.05. The fraction of sp³-hybridized carbons (Fsp3) is 0.500. The second-order valence-corrected chi connectivity index (χ2v) is 5.80. The van der Waals surface area contributed by atoms with Crippen molar-refractivity contribution in [1.82, 2.24) is 4.98 Å². The van der Waals surface area contributed by atoms with Crippen LogP contribution in [0.4, 0.5) is 5.69 Å². The van der Waals surface area contributed by atoms with Gasteiger partial charge in [0, 0.05) is 30.1 Å². The van der Waals surface area contributed by atoms with Gasteiger partial charge in [-0.25, -0.2) is 0 Å². The molecular formula is C18H25ClN2O. The second-order valence-electron chi connectivity index (χ2n) is 5.42. The molecule has 0 aliphatic rings. The molecule has 1 N–H and O–H groups in total. The van der Waals surface area contributed by atoms with Crippen molar-refractivity contribution in [2.75, 3.05) is 24.9 Å². The zero-order valence-electron chi connectivity index (χ0n) is 13.5. The number of aromatic nitrogens is 1. The van der Waals surface area contributed by atoms with Crippen molar-refractivity contribution in [2.24, 2.45) is 0 Å². The molecule has 2 rings (SSSR count). The number of hydrogen-bond acceptors (Lipinski definition) is 3. The average Bonchev–Trinajstić information content (AvgIpc) is 2.56. The minimum Gasteiger partial charge on any atom is -0.497 e. The van der Waals surface area contributed by atoms with Gasteiger partial charge in [-0.2, -0.15) is 0 Å². The van der Waals surface area contributed by atoms with Crippen molar-refractivity contribution in [3.8, 4) is 5.75 Å². The number of rotatable bonds is 9. The molecule has 0 aliphatic heterocycles. The van der Waals surface area contributed by atoms with E-state index in [1.165, 1.54) is 23.8 Å². The number of pyridine rings is 1. The van der Waals surface area contributed by atoms with Gasteiger partial charge in [0.2, 0.25) is 0 Å². The summed E-state index contributed by atoms with van der Waals surface area (Å²) >= 11 is 5.70. The Labute approximate surface area is 138 Å². The summed E-state index contributed by atoms with van der Waals surface area (Å²) in [4.78, 5) is 4.56. The molecular weight excluding hydrogens is 296 g/mol. The number of unbranched alkanes of at least 4 members (excludes halogenated alkanes) is 3. The Hall–Kier alpha value is -1.48. The van der Waals surface area contributed by atoms with Crippen molar-refractivity contribution >= 4 is 28.2 Å². The summed E-state index contributed by atoms with van der Waals surface area (Å²) in [5, 5.41) is 4.69. The van der Waals surface area contributed by atoms with Gasteiger partial charge < -0.3 is 10.1 Å². The molecule has 2 aromatic rings. The number of halogens is 1. The Morgan fingerprint density at radius 2 is 2.00 bits per heavy atom. The Bertz CT molecular complexity index is 601. The van der Waals surface area contributed by atoms with Gasteiger partial charge in [-0.1, -0.05) is 19.8 Å². The van der Waals surface area contributed by atoms with Crippen molar-refractivity contribution in [2.45, 2.75) is 39.0 Å². The quantitative estimate of drug-likeness (QED) is 0.520. The smallest absolute Gasteiger partial charge is 0.121 e. The van der Waals surface area contributed by atoms with Crippen LogP contribution in [-0.2, 0) is 6.42 Å². The van der Waals surface area contributed by atoms with E-state index >= 15 is 0 Å². The van der Waals surface area contributed by atoms with E-state index in [2.05, 4.69) is 29.4 Å². The maximum absolute atomic E-state index is 5.70. The summed E-state index contributed by atoms with van der Waals surface area (Å²) < 4.78 is 5.44. The first-order valence-corrected chi connectivity index (χ1v) is 8.59. The third kappa shape index (κ3) is 4.26. The Morgan fingerprint density at radius 1 is 1.18 bits per heavy atom. The number of aryl methyl sites for hydroxylation is 1. The number of nitrogens with one attached hydrogen (secondary N) is 1. The van der Waals surface area contributed by atoms with Crippen molar-refractivity contribution in [3.63, 3.8) is 0 Å². The lowest BCUT2D eigenvalue weighted by atomic mass is 10.1. The number of nitrogens with zero attached hydrogens (tertiary/aromatic N) is 1. The lowest BCUT2D eigenvalue weighted by molar-refractivity contribution is 0.415.